The van der Waals surface area contributed by atoms with E-state index >= 15 is 0 Å². The fourth-order valence-corrected chi connectivity index (χ4v) is 2.47. The molecule has 25 heavy (non-hydrogen) atoms. The van der Waals surface area contributed by atoms with Crippen molar-refractivity contribution in [2.75, 3.05) is 5.32 Å². The third-order valence-corrected chi connectivity index (χ3v) is 3.83. The zero-order valence-electron chi connectivity index (χ0n) is 15.1. The van der Waals surface area contributed by atoms with Crippen LogP contribution in [0.25, 0.3) is 0 Å². The number of nitrogens with one attached hydrogen (secondary N) is 2. The summed E-state index contributed by atoms with van der Waals surface area (Å²) in [4.78, 5) is 25.0. The monoisotopic (exact) mass is 343 g/mol. The topological polar surface area (TPSA) is 84.2 Å². The largest absolute Gasteiger partial charge is 0.360 e. The number of anilines is 1. The van der Waals surface area contributed by atoms with Crippen LogP contribution in [0.4, 0.5) is 5.82 Å². The highest BCUT2D eigenvalue weighted by molar-refractivity contribution is 6.00. The second-order valence-electron chi connectivity index (χ2n) is 6.52. The van der Waals surface area contributed by atoms with Crippen molar-refractivity contribution in [3.63, 3.8) is 0 Å². The molecular weight excluding hydrogens is 318 g/mol. The van der Waals surface area contributed by atoms with Gasteiger partial charge in [0.05, 0.1) is 0 Å². The van der Waals surface area contributed by atoms with Crippen molar-refractivity contribution in [1.29, 1.82) is 0 Å². The molecule has 2 aromatic rings. The summed E-state index contributed by atoms with van der Waals surface area (Å²) in [7, 11) is 0. The van der Waals surface area contributed by atoms with Crippen LogP contribution in [0.5, 0.6) is 0 Å². The van der Waals surface area contributed by atoms with Gasteiger partial charge in [0.1, 0.15) is 11.8 Å². The number of hydrogen-bond donors (Lipinski definition) is 2. The molecule has 0 aliphatic carbocycles. The molecule has 2 N–H and O–H groups in total. The molecular formula is C19H25N3O3. The van der Waals surface area contributed by atoms with E-state index in [4.69, 9.17) is 4.52 Å². The number of amides is 2. The number of rotatable bonds is 7. The van der Waals surface area contributed by atoms with Crippen molar-refractivity contribution in [3.8, 4) is 0 Å². The number of nitrogens with zero attached hydrogens (tertiary/aromatic N) is 1. The summed E-state index contributed by atoms with van der Waals surface area (Å²) >= 11 is 0. The molecule has 0 saturated heterocycles. The van der Waals surface area contributed by atoms with Crippen molar-refractivity contribution in [3.05, 3.63) is 47.2 Å². The SMILES string of the molecule is CCc1ccc(C(=O)N[C@H](CC(C)C)C(=O)Nc2cc(C)on2)cc1. The first-order chi connectivity index (χ1) is 11.9. The molecule has 0 fully saturated rings. The highest BCUT2D eigenvalue weighted by atomic mass is 16.5. The maximum absolute atomic E-state index is 12.5. The number of aryl methyl sites for hydroxylation is 2. The summed E-state index contributed by atoms with van der Waals surface area (Å²) < 4.78 is 4.95. The first-order valence-electron chi connectivity index (χ1n) is 8.53. The molecule has 6 heteroatoms. The maximum atomic E-state index is 12.5. The molecule has 1 aromatic heterocycles. The van der Waals surface area contributed by atoms with E-state index in [0.717, 1.165) is 12.0 Å². The van der Waals surface area contributed by atoms with Gasteiger partial charge in [-0.15, -0.1) is 0 Å². The Balaban J connectivity index is 2.07. The molecule has 0 bridgehead atoms. The van der Waals surface area contributed by atoms with Crippen molar-refractivity contribution in [2.24, 2.45) is 5.92 Å². The van der Waals surface area contributed by atoms with E-state index in [2.05, 4.69) is 22.7 Å². The fraction of sp³-hybridized carbons (Fsp3) is 0.421. The summed E-state index contributed by atoms with van der Waals surface area (Å²) in [5, 5.41) is 9.26. The number of carbonyl (C=O) groups is 2. The van der Waals surface area contributed by atoms with Crippen LogP contribution in [0.15, 0.2) is 34.9 Å². The van der Waals surface area contributed by atoms with Crippen LogP contribution in [0.1, 0.15) is 48.9 Å². The van der Waals surface area contributed by atoms with Crippen LogP contribution in [-0.2, 0) is 11.2 Å². The Kier molecular flexibility index (Phi) is 6.33. The summed E-state index contributed by atoms with van der Waals surface area (Å²) in [6.45, 7) is 7.81. The highest BCUT2D eigenvalue weighted by Gasteiger charge is 2.23. The molecule has 0 aliphatic rings. The molecule has 134 valence electrons. The van der Waals surface area contributed by atoms with E-state index < -0.39 is 6.04 Å². The molecule has 6 nitrogen and oxygen atoms in total. The van der Waals surface area contributed by atoms with Crippen LogP contribution >= 0.6 is 0 Å². The van der Waals surface area contributed by atoms with Crippen molar-refractivity contribution in [2.45, 2.75) is 46.6 Å². The Labute approximate surface area is 148 Å². The minimum Gasteiger partial charge on any atom is -0.360 e. The molecule has 1 heterocycles. The summed E-state index contributed by atoms with van der Waals surface area (Å²) in [5.74, 6) is 0.631. The Morgan fingerprint density at radius 3 is 2.40 bits per heavy atom. The number of aromatic nitrogens is 1. The molecule has 2 rings (SSSR count). The Hall–Kier alpha value is -2.63. The maximum Gasteiger partial charge on any atom is 0.251 e. The third-order valence-electron chi connectivity index (χ3n) is 3.83. The predicted molar refractivity (Wildman–Crippen MR) is 96.4 cm³/mol. The Morgan fingerprint density at radius 2 is 1.88 bits per heavy atom. The quantitative estimate of drug-likeness (QED) is 0.807. The zero-order chi connectivity index (χ0) is 18.4. The van der Waals surface area contributed by atoms with Crippen LogP contribution in [0.3, 0.4) is 0 Å². The first-order valence-corrected chi connectivity index (χ1v) is 8.53. The van der Waals surface area contributed by atoms with Crippen LogP contribution in [-0.4, -0.2) is 23.0 Å². The van der Waals surface area contributed by atoms with Gasteiger partial charge in [-0.1, -0.05) is 38.1 Å². The Bertz CT molecular complexity index is 720. The minimum absolute atomic E-state index is 0.248. The normalized spacial score (nSPS) is 12.0. The third kappa shape index (κ3) is 5.45. The number of carbonyl (C=O) groups excluding carboxylic acids is 2. The van der Waals surface area contributed by atoms with Gasteiger partial charge in [-0.3, -0.25) is 9.59 Å². The van der Waals surface area contributed by atoms with E-state index in [1.165, 1.54) is 0 Å². The average molecular weight is 343 g/mol. The zero-order valence-corrected chi connectivity index (χ0v) is 15.1. The average Bonchev–Trinajstić information content (AvgIpc) is 2.98. The standard InChI is InChI=1S/C19H25N3O3/c1-5-14-6-8-15(9-7-14)18(23)20-16(10-12(2)3)19(24)21-17-11-13(4)25-22-17/h6-9,11-12,16H,5,10H2,1-4H3,(H,20,23)(H,21,22,24)/t16-/m1/s1. The van der Waals surface area contributed by atoms with Gasteiger partial charge in [0.15, 0.2) is 5.82 Å². The molecule has 0 saturated carbocycles. The van der Waals surface area contributed by atoms with Gasteiger partial charge < -0.3 is 15.2 Å². The second-order valence-corrected chi connectivity index (χ2v) is 6.52. The molecule has 1 aromatic carbocycles. The molecule has 1 atom stereocenters. The van der Waals surface area contributed by atoms with Crippen molar-refractivity contribution >= 4 is 17.6 Å². The number of hydrogen-bond acceptors (Lipinski definition) is 4. The smallest absolute Gasteiger partial charge is 0.251 e. The molecule has 0 unspecified atom stereocenters. The first kappa shape index (κ1) is 18.7. The van der Waals surface area contributed by atoms with Crippen LogP contribution in [0.2, 0.25) is 0 Å². The molecule has 0 radical (unpaired) electrons. The summed E-state index contributed by atoms with van der Waals surface area (Å²) in [6, 6.07) is 8.39. The fourth-order valence-electron chi connectivity index (χ4n) is 2.47. The van der Waals surface area contributed by atoms with Crippen LogP contribution < -0.4 is 10.6 Å². The van der Waals surface area contributed by atoms with Crippen LogP contribution in [0, 0.1) is 12.8 Å². The lowest BCUT2D eigenvalue weighted by molar-refractivity contribution is -0.118. The highest BCUT2D eigenvalue weighted by Crippen LogP contribution is 2.12. The van der Waals surface area contributed by atoms with Gasteiger partial charge in [0, 0.05) is 11.6 Å². The Morgan fingerprint density at radius 1 is 1.20 bits per heavy atom. The van der Waals surface area contributed by atoms with Crippen molar-refractivity contribution in [1.82, 2.24) is 10.5 Å². The molecule has 2 amide bonds. The summed E-state index contributed by atoms with van der Waals surface area (Å²) in [6.07, 6.45) is 1.44. The van der Waals surface area contributed by atoms with E-state index in [1.807, 2.05) is 26.0 Å². The van der Waals surface area contributed by atoms with E-state index in [9.17, 15) is 9.59 Å². The predicted octanol–water partition coefficient (Wildman–Crippen LogP) is 3.33. The van der Waals surface area contributed by atoms with Gasteiger partial charge in [-0.2, -0.15) is 0 Å². The lowest BCUT2D eigenvalue weighted by atomic mass is 10.0. The van der Waals surface area contributed by atoms with Gasteiger partial charge in [0.2, 0.25) is 5.91 Å². The molecule has 0 spiro atoms. The number of benzene rings is 1. The van der Waals surface area contributed by atoms with Gasteiger partial charge in [0.25, 0.3) is 5.91 Å². The van der Waals surface area contributed by atoms with Gasteiger partial charge >= 0.3 is 0 Å². The van der Waals surface area contributed by atoms with Gasteiger partial charge in [-0.25, -0.2) is 0 Å². The molecule has 0 aliphatic heterocycles. The minimum atomic E-state index is -0.643. The van der Waals surface area contributed by atoms with E-state index in [0.29, 0.717) is 23.6 Å². The lowest BCUT2D eigenvalue weighted by Gasteiger charge is -2.19. The summed E-state index contributed by atoms with van der Waals surface area (Å²) in [5.41, 5.74) is 1.70. The second kappa shape index (κ2) is 8.46. The van der Waals surface area contributed by atoms with E-state index in [-0.39, 0.29) is 17.7 Å². The van der Waals surface area contributed by atoms with E-state index in [1.54, 1.807) is 25.1 Å². The van der Waals surface area contributed by atoms with Gasteiger partial charge in [-0.05, 0) is 43.4 Å². The lowest BCUT2D eigenvalue weighted by Crippen LogP contribution is -2.44. The van der Waals surface area contributed by atoms with Crippen molar-refractivity contribution < 1.29 is 14.1 Å².